The van der Waals surface area contributed by atoms with Gasteiger partial charge in [-0.2, -0.15) is 0 Å². The normalized spacial score (nSPS) is 19.4. The highest BCUT2D eigenvalue weighted by molar-refractivity contribution is 7.93. The number of nitrogens with zero attached hydrogens (tertiary/aromatic N) is 5. The van der Waals surface area contributed by atoms with E-state index in [4.69, 9.17) is 21.1 Å². The van der Waals surface area contributed by atoms with E-state index in [2.05, 4.69) is 60.1 Å². The Morgan fingerprint density at radius 2 is 1.85 bits per heavy atom. The third-order valence-electron chi connectivity index (χ3n) is 12.9. The molecule has 5 heterocycles. The predicted octanol–water partition coefficient (Wildman–Crippen LogP) is 8.65. The molecule has 16 nitrogen and oxygen atoms in total. The molecule has 4 aliphatic rings. The van der Waals surface area contributed by atoms with Gasteiger partial charge >= 0.3 is 0 Å². The van der Waals surface area contributed by atoms with Crippen molar-refractivity contribution in [3.05, 3.63) is 111 Å². The van der Waals surface area contributed by atoms with Gasteiger partial charge in [-0.1, -0.05) is 43.2 Å². The number of ether oxygens (including phenoxy) is 2. The minimum Gasteiger partial charge on any atom is -0.489 e. The van der Waals surface area contributed by atoms with Crippen LogP contribution >= 0.6 is 11.6 Å². The van der Waals surface area contributed by atoms with Crippen molar-refractivity contribution in [1.29, 1.82) is 0 Å². The summed E-state index contributed by atoms with van der Waals surface area (Å²) in [7, 11) is -6.90. The summed E-state index contributed by atoms with van der Waals surface area (Å²) in [6, 6.07) is 18.4. The third kappa shape index (κ3) is 10.2. The molecule has 2 fully saturated rings. The number of piperazine rings is 1. The number of hydrogen-bond acceptors (Lipinski definition) is 13. The number of amides is 1. The van der Waals surface area contributed by atoms with Gasteiger partial charge in [-0.25, -0.2) is 26.7 Å². The average molecular weight is 958 g/mol. The molecule has 0 radical (unpaired) electrons. The minimum atomic E-state index is -4.69. The molecule has 0 unspecified atom stereocenters. The van der Waals surface area contributed by atoms with Crippen molar-refractivity contribution in [1.82, 2.24) is 19.6 Å². The molecule has 66 heavy (non-hydrogen) atoms. The van der Waals surface area contributed by atoms with Crippen LogP contribution in [0.1, 0.15) is 68.3 Å². The lowest BCUT2D eigenvalue weighted by Crippen LogP contribution is -2.47. The standard InChI is InChI=1S/C47H53ClN8O8S2/c1-47(2)14-11-33(40(27-47)31-5-7-34(48)8-6-31)29-54-17-19-55(20-18-54)36-9-10-39(42(24-36)64-37-23-32-12-15-49-45(32)50-28-37)46(57)53-66(61,62)38-25-41(56(58)59)44-43(26-38)63-30-35(52-44)13-16-51-65(60)21-3-4-22-65/h5-10,12,15,23-26,28,35,52H,3-4,11,13-14,16-22,27,29-30H2,1-2H3,(H,49,50)(H,53,57)/t35-/m1/s1. The number of halogens is 1. The Kier molecular flexibility index (Phi) is 12.8. The van der Waals surface area contributed by atoms with Crippen molar-refractivity contribution >= 4 is 70.9 Å². The molecule has 3 N–H and O–H groups in total. The molecule has 1 atom stereocenters. The number of rotatable bonds is 13. The molecular weight excluding hydrogens is 904 g/mol. The molecule has 0 bridgehead atoms. The molecule has 3 aliphatic heterocycles. The lowest BCUT2D eigenvalue weighted by molar-refractivity contribution is -0.384. The number of fused-ring (bicyclic) bond motifs is 2. The maximum atomic E-state index is 14.1. The Hall–Kier alpha value is -5.69. The van der Waals surface area contributed by atoms with E-state index in [0.717, 1.165) is 80.0 Å². The fourth-order valence-electron chi connectivity index (χ4n) is 9.20. The molecule has 1 amide bonds. The van der Waals surface area contributed by atoms with Gasteiger partial charge < -0.3 is 24.7 Å². The highest BCUT2D eigenvalue weighted by Gasteiger charge is 2.33. The first-order valence-corrected chi connectivity index (χ1v) is 26.0. The van der Waals surface area contributed by atoms with Crippen LogP contribution < -0.4 is 24.4 Å². The lowest BCUT2D eigenvalue weighted by atomic mass is 9.72. The number of allylic oxidation sites excluding steroid dienone is 1. The Morgan fingerprint density at radius 1 is 1.08 bits per heavy atom. The maximum absolute atomic E-state index is 14.1. The fourth-order valence-corrected chi connectivity index (χ4v) is 12.5. The number of sulfonamides is 1. The number of pyridine rings is 1. The van der Waals surface area contributed by atoms with Gasteiger partial charge in [0, 0.05) is 94.5 Å². The molecule has 2 aromatic heterocycles. The SMILES string of the molecule is CC1(C)CCC(CN2CCN(c3ccc(C(=O)NS(=O)(=O)c4cc5c(c([N+](=O)[O-])c4)N[C@H](CCN=S4(=O)CCCC4)CO5)c(Oc4cnc5[nH]ccc5c4)c3)CC2)=C(c2ccc(Cl)cc2)C1. The van der Waals surface area contributed by atoms with Gasteiger partial charge in [0.2, 0.25) is 0 Å². The summed E-state index contributed by atoms with van der Waals surface area (Å²) in [6.07, 6.45) is 8.61. The van der Waals surface area contributed by atoms with Crippen molar-refractivity contribution in [2.24, 2.45) is 9.78 Å². The first-order chi connectivity index (χ1) is 31.6. The van der Waals surface area contributed by atoms with E-state index in [-0.39, 0.29) is 40.8 Å². The molecule has 9 rings (SSSR count). The molecule has 1 aliphatic carbocycles. The van der Waals surface area contributed by atoms with E-state index in [1.54, 1.807) is 24.4 Å². The molecule has 3 aromatic carbocycles. The Morgan fingerprint density at radius 3 is 2.61 bits per heavy atom. The fraction of sp³-hybridized carbons (Fsp3) is 0.404. The zero-order valence-electron chi connectivity index (χ0n) is 36.9. The van der Waals surface area contributed by atoms with E-state index in [1.165, 1.54) is 29.0 Å². The summed E-state index contributed by atoms with van der Waals surface area (Å²) < 4.78 is 59.3. The topological polar surface area (TPSA) is 201 Å². The molecule has 0 spiro atoms. The van der Waals surface area contributed by atoms with E-state index in [0.29, 0.717) is 49.0 Å². The molecule has 2 saturated heterocycles. The van der Waals surface area contributed by atoms with Crippen LogP contribution in [-0.2, 0) is 19.8 Å². The van der Waals surface area contributed by atoms with Crippen LogP contribution in [0.25, 0.3) is 16.6 Å². The Labute approximate surface area is 389 Å². The zero-order chi connectivity index (χ0) is 46.2. The van der Waals surface area contributed by atoms with Gasteiger partial charge in [0.15, 0.2) is 11.4 Å². The number of nitro groups is 1. The largest absolute Gasteiger partial charge is 0.489 e. The summed E-state index contributed by atoms with van der Waals surface area (Å²) >= 11 is 6.25. The second kappa shape index (κ2) is 18.5. The quantitative estimate of drug-likeness (QED) is 0.0750. The second-order valence-electron chi connectivity index (χ2n) is 18.3. The molecule has 348 valence electrons. The smallest absolute Gasteiger partial charge is 0.297 e. The number of anilines is 2. The van der Waals surface area contributed by atoms with E-state index >= 15 is 0 Å². The highest BCUT2D eigenvalue weighted by atomic mass is 35.5. The van der Waals surface area contributed by atoms with Gasteiger partial charge in [-0.05, 0) is 91.5 Å². The van der Waals surface area contributed by atoms with Crippen molar-refractivity contribution in [2.45, 2.75) is 63.3 Å². The van der Waals surface area contributed by atoms with Gasteiger partial charge in [-0.15, -0.1) is 0 Å². The maximum Gasteiger partial charge on any atom is 0.297 e. The average Bonchev–Trinajstić information content (AvgIpc) is 3.95. The second-order valence-corrected chi connectivity index (χ2v) is 23.0. The summed E-state index contributed by atoms with van der Waals surface area (Å²) in [5.74, 6) is 0.539. The third-order valence-corrected chi connectivity index (χ3v) is 17.0. The van der Waals surface area contributed by atoms with E-state index in [9.17, 15) is 27.5 Å². The highest BCUT2D eigenvalue weighted by Crippen LogP contribution is 2.44. The molecular formula is C47H53ClN8O8S2. The minimum absolute atomic E-state index is 0.0180. The van der Waals surface area contributed by atoms with Crippen LogP contribution in [0.3, 0.4) is 0 Å². The number of carbonyl (C=O) groups excluding carboxylic acids is 1. The van der Waals surface area contributed by atoms with Crippen LogP contribution in [0.5, 0.6) is 17.2 Å². The number of aromatic amines is 1. The number of nitrogens with one attached hydrogen (secondary N) is 3. The van der Waals surface area contributed by atoms with Crippen molar-refractivity contribution < 1.29 is 31.8 Å². The number of benzene rings is 3. The molecule has 0 saturated carbocycles. The number of aromatic nitrogens is 2. The van der Waals surface area contributed by atoms with Gasteiger partial charge in [0.25, 0.3) is 21.6 Å². The van der Waals surface area contributed by atoms with E-state index in [1.807, 2.05) is 18.2 Å². The van der Waals surface area contributed by atoms with Gasteiger partial charge in [0.1, 0.15) is 23.8 Å². The number of nitro benzene ring substituents is 1. The summed E-state index contributed by atoms with van der Waals surface area (Å²) in [5, 5.41) is 16.9. The Bertz CT molecular complexity index is 2950. The monoisotopic (exact) mass is 956 g/mol. The summed E-state index contributed by atoms with van der Waals surface area (Å²) in [5.41, 5.74) is 5.13. The molecule has 19 heteroatoms. The van der Waals surface area contributed by atoms with Crippen molar-refractivity contribution in [2.75, 3.05) is 67.6 Å². The lowest BCUT2D eigenvalue weighted by Gasteiger charge is -2.39. The first-order valence-electron chi connectivity index (χ1n) is 22.3. The van der Waals surface area contributed by atoms with Crippen molar-refractivity contribution in [3.63, 3.8) is 0 Å². The van der Waals surface area contributed by atoms with Crippen molar-refractivity contribution in [3.8, 4) is 17.2 Å². The van der Waals surface area contributed by atoms with Gasteiger partial charge in [0.05, 0.1) is 34.2 Å². The number of H-pyrrole nitrogens is 1. The summed E-state index contributed by atoms with van der Waals surface area (Å²) in [4.78, 5) is 37.3. The van der Waals surface area contributed by atoms with Crippen LogP contribution in [0.15, 0.2) is 94.0 Å². The molecule has 5 aromatic rings. The van der Waals surface area contributed by atoms with E-state index < -0.39 is 41.2 Å². The Balaban J connectivity index is 0.929. The van der Waals surface area contributed by atoms with Crippen LogP contribution in [0, 0.1) is 15.5 Å². The number of carbonyl (C=O) groups is 1. The van der Waals surface area contributed by atoms with Crippen LogP contribution in [-0.4, -0.2) is 102 Å². The number of hydrogen-bond donors (Lipinski definition) is 3. The van der Waals surface area contributed by atoms with Crippen LogP contribution in [0.4, 0.5) is 17.1 Å². The zero-order valence-corrected chi connectivity index (χ0v) is 39.3. The summed E-state index contributed by atoms with van der Waals surface area (Å²) in [6.45, 7) is 8.91. The first kappa shape index (κ1) is 45.5. The predicted molar refractivity (Wildman–Crippen MR) is 257 cm³/mol. The van der Waals surface area contributed by atoms with Crippen LogP contribution in [0.2, 0.25) is 5.02 Å². The van der Waals surface area contributed by atoms with Gasteiger partial charge in [-0.3, -0.25) is 19.8 Å².